The van der Waals surface area contributed by atoms with Crippen molar-refractivity contribution in [3.05, 3.63) is 34.9 Å². The van der Waals surface area contributed by atoms with Gasteiger partial charge in [0.05, 0.1) is 10.4 Å². The maximum absolute atomic E-state index is 11.8. The maximum Gasteiger partial charge on any atom is 0.336 e. The van der Waals surface area contributed by atoms with Crippen LogP contribution in [0.2, 0.25) is 0 Å². The van der Waals surface area contributed by atoms with Gasteiger partial charge in [-0.15, -0.1) is 0 Å². The molecule has 0 spiro atoms. The third kappa shape index (κ3) is 2.70. The zero-order valence-electron chi connectivity index (χ0n) is 9.16. The Balaban J connectivity index is 3.31. The van der Waals surface area contributed by atoms with Gasteiger partial charge in [0.15, 0.2) is 5.78 Å². The molecule has 0 heterocycles. The summed E-state index contributed by atoms with van der Waals surface area (Å²) in [5.41, 5.74) is 1.30. The Hall–Kier alpha value is -1.16. The third-order valence-corrected chi connectivity index (χ3v) is 2.77. The number of carboxylic acids is 1. The van der Waals surface area contributed by atoms with Gasteiger partial charge in [0, 0.05) is 5.56 Å². The summed E-state index contributed by atoms with van der Waals surface area (Å²) in [6, 6.07) is 4.88. The molecule has 1 unspecified atom stereocenters. The van der Waals surface area contributed by atoms with Gasteiger partial charge in [0.2, 0.25) is 0 Å². The summed E-state index contributed by atoms with van der Waals surface area (Å²) in [6.07, 6.45) is 0.775. The quantitative estimate of drug-likeness (QED) is 0.683. The molecule has 86 valence electrons. The van der Waals surface area contributed by atoms with Crippen LogP contribution < -0.4 is 0 Å². The van der Waals surface area contributed by atoms with Gasteiger partial charge in [0.25, 0.3) is 0 Å². The Kier molecular flexibility index (Phi) is 4.24. The van der Waals surface area contributed by atoms with Gasteiger partial charge in [-0.2, -0.15) is 0 Å². The van der Waals surface area contributed by atoms with E-state index in [-0.39, 0.29) is 21.7 Å². The number of carbonyl (C=O) groups excluding carboxylic acids is 1. The number of Topliss-reactive ketones (excluding diaryl/α,β-unsaturated/α-hetero) is 1. The van der Waals surface area contributed by atoms with Crippen LogP contribution in [0.4, 0.5) is 0 Å². The molecule has 16 heavy (non-hydrogen) atoms. The van der Waals surface area contributed by atoms with Gasteiger partial charge in [-0.3, -0.25) is 4.79 Å². The molecule has 0 aliphatic heterocycles. The number of halogens is 1. The molecular weight excluding hydrogens is 272 g/mol. The first kappa shape index (κ1) is 12.9. The molecule has 0 bridgehead atoms. The van der Waals surface area contributed by atoms with E-state index in [1.54, 1.807) is 19.1 Å². The number of benzene rings is 1. The van der Waals surface area contributed by atoms with Gasteiger partial charge in [-0.1, -0.05) is 28.9 Å². The molecule has 0 saturated carbocycles. The number of hydrogen-bond donors (Lipinski definition) is 1. The first-order valence-electron chi connectivity index (χ1n) is 5.01. The van der Waals surface area contributed by atoms with E-state index in [1.807, 2.05) is 6.92 Å². The molecule has 1 N–H and O–H groups in total. The fourth-order valence-corrected chi connectivity index (χ4v) is 1.66. The molecule has 3 nitrogen and oxygen atoms in total. The second kappa shape index (κ2) is 5.25. The van der Waals surface area contributed by atoms with Crippen molar-refractivity contribution in [1.29, 1.82) is 0 Å². The zero-order chi connectivity index (χ0) is 12.3. The van der Waals surface area contributed by atoms with Crippen LogP contribution in [0.25, 0.3) is 0 Å². The van der Waals surface area contributed by atoms with Crippen molar-refractivity contribution in [2.24, 2.45) is 0 Å². The van der Waals surface area contributed by atoms with Crippen molar-refractivity contribution < 1.29 is 14.7 Å². The highest BCUT2D eigenvalue weighted by atomic mass is 79.9. The zero-order valence-corrected chi connectivity index (χ0v) is 10.7. The van der Waals surface area contributed by atoms with Crippen LogP contribution in [-0.4, -0.2) is 21.7 Å². The Morgan fingerprint density at radius 2 is 2.00 bits per heavy atom. The van der Waals surface area contributed by atoms with Crippen LogP contribution in [0, 0.1) is 0 Å². The van der Waals surface area contributed by atoms with Crippen molar-refractivity contribution >= 4 is 27.7 Å². The van der Waals surface area contributed by atoms with Crippen molar-refractivity contribution in [3.8, 4) is 0 Å². The average Bonchev–Trinajstić information content (AvgIpc) is 2.26. The summed E-state index contributed by atoms with van der Waals surface area (Å²) in [6.45, 7) is 3.65. The Bertz CT molecular complexity index is 424. The van der Waals surface area contributed by atoms with E-state index in [2.05, 4.69) is 15.9 Å². The minimum atomic E-state index is -1.07. The maximum atomic E-state index is 11.8. The van der Waals surface area contributed by atoms with Gasteiger partial charge in [-0.25, -0.2) is 4.79 Å². The summed E-state index contributed by atoms with van der Waals surface area (Å²) in [4.78, 5) is 22.4. The lowest BCUT2D eigenvalue weighted by Crippen LogP contribution is -2.15. The monoisotopic (exact) mass is 284 g/mol. The fourth-order valence-electron chi connectivity index (χ4n) is 1.42. The fraction of sp³-hybridized carbons (Fsp3) is 0.333. The van der Waals surface area contributed by atoms with E-state index in [9.17, 15) is 9.59 Å². The van der Waals surface area contributed by atoms with E-state index < -0.39 is 5.97 Å². The summed E-state index contributed by atoms with van der Waals surface area (Å²) >= 11 is 3.16. The molecule has 1 aromatic carbocycles. The van der Waals surface area contributed by atoms with Crippen LogP contribution in [0.3, 0.4) is 0 Å². The molecule has 0 radical (unpaired) electrons. The van der Waals surface area contributed by atoms with Crippen molar-refractivity contribution in [2.75, 3.05) is 0 Å². The topological polar surface area (TPSA) is 54.4 Å². The molecular formula is C12H13BrO3. The van der Waals surface area contributed by atoms with E-state index in [0.717, 1.165) is 12.0 Å². The van der Waals surface area contributed by atoms with Gasteiger partial charge < -0.3 is 5.11 Å². The molecule has 4 heteroatoms. The molecule has 0 saturated heterocycles. The van der Waals surface area contributed by atoms with Gasteiger partial charge >= 0.3 is 5.97 Å². The number of carbonyl (C=O) groups is 2. The average molecular weight is 285 g/mol. The van der Waals surface area contributed by atoms with Gasteiger partial charge in [0.1, 0.15) is 0 Å². The predicted octanol–water partition coefficient (Wildman–Crippen LogP) is 2.91. The number of ketones is 1. The molecule has 1 aromatic rings. The molecule has 0 aliphatic carbocycles. The van der Waals surface area contributed by atoms with Crippen LogP contribution in [0.5, 0.6) is 0 Å². The van der Waals surface area contributed by atoms with Crippen molar-refractivity contribution in [1.82, 2.24) is 0 Å². The third-order valence-electron chi connectivity index (χ3n) is 2.35. The molecule has 0 fully saturated rings. The summed E-state index contributed by atoms with van der Waals surface area (Å²) in [5.74, 6) is -1.27. The highest BCUT2D eigenvalue weighted by Gasteiger charge is 2.19. The Morgan fingerprint density at radius 3 is 2.44 bits per heavy atom. The first-order valence-corrected chi connectivity index (χ1v) is 5.93. The lowest BCUT2D eigenvalue weighted by atomic mass is 9.98. The molecule has 0 aromatic heterocycles. The van der Waals surface area contributed by atoms with Crippen molar-refractivity contribution in [3.63, 3.8) is 0 Å². The summed E-state index contributed by atoms with van der Waals surface area (Å²) in [5, 5.41) is 8.99. The van der Waals surface area contributed by atoms with E-state index >= 15 is 0 Å². The van der Waals surface area contributed by atoms with Crippen LogP contribution >= 0.6 is 15.9 Å². The molecule has 0 aliphatic rings. The van der Waals surface area contributed by atoms with E-state index in [4.69, 9.17) is 5.11 Å². The molecule has 0 amide bonds. The second-order valence-corrected chi connectivity index (χ2v) is 4.89. The number of hydrogen-bond acceptors (Lipinski definition) is 2. The van der Waals surface area contributed by atoms with Crippen molar-refractivity contribution in [2.45, 2.75) is 25.1 Å². The number of aryl methyl sites for hydroxylation is 1. The first-order chi connectivity index (χ1) is 7.47. The lowest BCUT2D eigenvalue weighted by molar-refractivity contribution is 0.0692. The Labute approximate surface area is 103 Å². The number of carboxylic acid groups (broad SMARTS) is 1. The van der Waals surface area contributed by atoms with Crippen LogP contribution in [0.1, 0.15) is 40.1 Å². The van der Waals surface area contributed by atoms with Crippen LogP contribution in [-0.2, 0) is 6.42 Å². The standard InChI is InChI=1S/C12H13BrO3/c1-3-8-4-5-9(12(15)16)10(6-8)11(14)7(2)13/h4-7H,3H2,1-2H3,(H,15,16). The largest absolute Gasteiger partial charge is 0.478 e. The SMILES string of the molecule is CCc1ccc(C(=O)O)c(C(=O)C(C)Br)c1. The van der Waals surface area contributed by atoms with E-state index in [1.165, 1.54) is 6.07 Å². The van der Waals surface area contributed by atoms with E-state index in [0.29, 0.717) is 0 Å². The number of aromatic carboxylic acids is 1. The highest BCUT2D eigenvalue weighted by molar-refractivity contribution is 9.10. The molecule has 1 rings (SSSR count). The number of rotatable bonds is 4. The summed E-state index contributed by atoms with van der Waals surface area (Å²) in [7, 11) is 0. The lowest BCUT2D eigenvalue weighted by Gasteiger charge is -2.08. The number of alkyl halides is 1. The minimum absolute atomic E-state index is 0.0634. The molecule has 1 atom stereocenters. The minimum Gasteiger partial charge on any atom is -0.478 e. The smallest absolute Gasteiger partial charge is 0.336 e. The summed E-state index contributed by atoms with van der Waals surface area (Å²) < 4.78 is 0. The van der Waals surface area contributed by atoms with Crippen LogP contribution in [0.15, 0.2) is 18.2 Å². The normalized spacial score (nSPS) is 12.2. The Morgan fingerprint density at radius 1 is 1.38 bits per heavy atom. The predicted molar refractivity (Wildman–Crippen MR) is 65.5 cm³/mol. The second-order valence-electron chi connectivity index (χ2n) is 3.52. The van der Waals surface area contributed by atoms with Gasteiger partial charge in [-0.05, 0) is 31.0 Å². The highest BCUT2D eigenvalue weighted by Crippen LogP contribution is 2.17.